The van der Waals surface area contributed by atoms with E-state index in [2.05, 4.69) is 10.3 Å². The number of ether oxygens (including phenoxy) is 1. The van der Waals surface area contributed by atoms with E-state index in [0.29, 0.717) is 0 Å². The Morgan fingerprint density at radius 3 is 2.61 bits per heavy atom. The molecular weight excluding hydrogens is 291 g/mol. The number of fused-ring (bicyclic) bond motifs is 1. The molecule has 1 heterocycles. The highest BCUT2D eigenvalue weighted by atomic mass is 19.1. The first-order valence-corrected chi connectivity index (χ1v) is 7.59. The summed E-state index contributed by atoms with van der Waals surface area (Å²) in [7, 11) is 1.65. The van der Waals surface area contributed by atoms with Crippen LogP contribution in [0.5, 0.6) is 5.75 Å². The summed E-state index contributed by atoms with van der Waals surface area (Å²) in [4.78, 5) is 4.56. The number of aryl methyl sites for hydroxylation is 1. The summed E-state index contributed by atoms with van der Waals surface area (Å²) < 4.78 is 18.2. The summed E-state index contributed by atoms with van der Waals surface area (Å²) in [6.45, 7) is 2.75. The lowest BCUT2D eigenvalue weighted by molar-refractivity contribution is 0.415. The minimum atomic E-state index is -0.202. The summed E-state index contributed by atoms with van der Waals surface area (Å²) in [6, 6.07) is 14.6. The predicted octanol–water partition coefficient (Wildman–Crippen LogP) is 4.35. The second-order valence-electron chi connectivity index (χ2n) is 5.50. The Hall–Kier alpha value is -2.62. The normalized spacial score (nSPS) is 10.7. The zero-order valence-electron chi connectivity index (χ0n) is 13.3. The van der Waals surface area contributed by atoms with Crippen molar-refractivity contribution in [2.45, 2.75) is 13.3 Å². The first-order valence-electron chi connectivity index (χ1n) is 7.59. The third-order valence-electron chi connectivity index (χ3n) is 3.79. The van der Waals surface area contributed by atoms with Gasteiger partial charge in [0.2, 0.25) is 0 Å². The van der Waals surface area contributed by atoms with Crippen LogP contribution < -0.4 is 10.1 Å². The predicted molar refractivity (Wildman–Crippen MR) is 91.6 cm³/mol. The minimum absolute atomic E-state index is 0.202. The van der Waals surface area contributed by atoms with Crippen molar-refractivity contribution in [2.24, 2.45) is 0 Å². The molecule has 0 saturated carbocycles. The molecule has 3 nitrogen and oxygen atoms in total. The SMILES string of the molecule is COc1ccc2c(NCCc3ccc(F)cc3)cc(C)nc2c1. The molecule has 0 aliphatic carbocycles. The van der Waals surface area contributed by atoms with E-state index >= 15 is 0 Å². The maximum atomic E-state index is 12.9. The molecule has 3 rings (SSSR count). The van der Waals surface area contributed by atoms with Crippen molar-refractivity contribution in [1.29, 1.82) is 0 Å². The maximum absolute atomic E-state index is 12.9. The fourth-order valence-electron chi connectivity index (χ4n) is 2.61. The van der Waals surface area contributed by atoms with Crippen LogP contribution in [-0.2, 0) is 6.42 Å². The van der Waals surface area contributed by atoms with Crippen LogP contribution in [-0.4, -0.2) is 18.6 Å². The van der Waals surface area contributed by atoms with Crippen molar-refractivity contribution in [1.82, 2.24) is 4.98 Å². The van der Waals surface area contributed by atoms with E-state index in [1.54, 1.807) is 7.11 Å². The molecule has 0 spiro atoms. The van der Waals surface area contributed by atoms with Crippen LogP contribution in [0, 0.1) is 12.7 Å². The number of benzene rings is 2. The Morgan fingerprint density at radius 2 is 1.87 bits per heavy atom. The van der Waals surface area contributed by atoms with Crippen molar-refractivity contribution in [3.8, 4) is 5.75 Å². The molecule has 2 aromatic carbocycles. The maximum Gasteiger partial charge on any atom is 0.123 e. The number of rotatable bonds is 5. The molecule has 23 heavy (non-hydrogen) atoms. The molecule has 118 valence electrons. The van der Waals surface area contributed by atoms with Crippen LogP contribution in [0.15, 0.2) is 48.5 Å². The number of nitrogens with one attached hydrogen (secondary N) is 1. The smallest absolute Gasteiger partial charge is 0.123 e. The highest BCUT2D eigenvalue weighted by molar-refractivity contribution is 5.92. The molecule has 1 aromatic heterocycles. The molecule has 0 aliphatic rings. The van der Waals surface area contributed by atoms with Crippen molar-refractivity contribution >= 4 is 16.6 Å². The molecule has 0 aliphatic heterocycles. The molecule has 4 heteroatoms. The molecule has 0 bridgehead atoms. The number of halogens is 1. The van der Waals surface area contributed by atoms with Crippen molar-refractivity contribution < 1.29 is 9.13 Å². The van der Waals surface area contributed by atoms with Gasteiger partial charge in [0.25, 0.3) is 0 Å². The average molecular weight is 310 g/mol. The number of anilines is 1. The van der Waals surface area contributed by atoms with Crippen LogP contribution in [0.2, 0.25) is 0 Å². The molecule has 0 fully saturated rings. The van der Waals surface area contributed by atoms with Gasteiger partial charge in [-0.15, -0.1) is 0 Å². The molecule has 0 saturated heterocycles. The van der Waals surface area contributed by atoms with Crippen LogP contribution in [0.1, 0.15) is 11.3 Å². The highest BCUT2D eigenvalue weighted by Crippen LogP contribution is 2.26. The summed E-state index contributed by atoms with van der Waals surface area (Å²) in [5.41, 5.74) is 4.02. The molecular formula is C19H19FN2O. The van der Waals surface area contributed by atoms with E-state index in [1.165, 1.54) is 12.1 Å². The summed E-state index contributed by atoms with van der Waals surface area (Å²) in [5, 5.41) is 4.52. The van der Waals surface area contributed by atoms with Gasteiger partial charge in [-0.05, 0) is 49.2 Å². The van der Waals surface area contributed by atoms with E-state index in [4.69, 9.17) is 4.74 Å². The average Bonchev–Trinajstić information content (AvgIpc) is 2.55. The van der Waals surface area contributed by atoms with Crippen molar-refractivity contribution in [3.63, 3.8) is 0 Å². The van der Waals surface area contributed by atoms with Gasteiger partial charge >= 0.3 is 0 Å². The largest absolute Gasteiger partial charge is 0.497 e. The lowest BCUT2D eigenvalue weighted by atomic mass is 10.1. The fraction of sp³-hybridized carbons (Fsp3) is 0.211. The summed E-state index contributed by atoms with van der Waals surface area (Å²) in [6.07, 6.45) is 0.833. The third-order valence-corrected chi connectivity index (χ3v) is 3.79. The van der Waals surface area contributed by atoms with E-state index < -0.39 is 0 Å². The van der Waals surface area contributed by atoms with Gasteiger partial charge in [0.1, 0.15) is 11.6 Å². The van der Waals surface area contributed by atoms with Gasteiger partial charge in [-0.25, -0.2) is 4.39 Å². The molecule has 0 unspecified atom stereocenters. The van der Waals surface area contributed by atoms with Crippen molar-refractivity contribution in [2.75, 3.05) is 19.0 Å². The number of hydrogen-bond acceptors (Lipinski definition) is 3. The lowest BCUT2D eigenvalue weighted by Gasteiger charge is -2.12. The Kier molecular flexibility index (Phi) is 4.42. The van der Waals surface area contributed by atoms with Crippen LogP contribution in [0.25, 0.3) is 10.9 Å². The van der Waals surface area contributed by atoms with E-state index in [0.717, 1.165) is 46.6 Å². The highest BCUT2D eigenvalue weighted by Gasteiger charge is 2.05. The molecule has 0 radical (unpaired) electrons. The van der Waals surface area contributed by atoms with Crippen LogP contribution in [0.3, 0.4) is 0 Å². The Balaban J connectivity index is 1.78. The number of methoxy groups -OCH3 is 1. The Bertz CT molecular complexity index is 815. The van der Waals surface area contributed by atoms with Gasteiger partial charge in [0.05, 0.1) is 12.6 Å². The molecule has 3 aromatic rings. The molecule has 1 N–H and O–H groups in total. The van der Waals surface area contributed by atoms with Gasteiger partial charge in [-0.3, -0.25) is 4.98 Å². The fourth-order valence-corrected chi connectivity index (χ4v) is 2.61. The van der Waals surface area contributed by atoms with Gasteiger partial charge in [-0.2, -0.15) is 0 Å². The lowest BCUT2D eigenvalue weighted by Crippen LogP contribution is -2.06. The Morgan fingerprint density at radius 1 is 1.09 bits per heavy atom. The monoisotopic (exact) mass is 310 g/mol. The zero-order chi connectivity index (χ0) is 16.2. The summed E-state index contributed by atoms with van der Waals surface area (Å²) >= 11 is 0. The van der Waals surface area contributed by atoms with E-state index in [9.17, 15) is 4.39 Å². The number of nitrogens with zero attached hydrogens (tertiary/aromatic N) is 1. The molecule has 0 atom stereocenters. The van der Waals surface area contributed by atoms with Crippen LogP contribution >= 0.6 is 0 Å². The van der Waals surface area contributed by atoms with Gasteiger partial charge in [0, 0.05) is 29.4 Å². The number of hydrogen-bond donors (Lipinski definition) is 1. The Labute approximate surface area is 135 Å². The van der Waals surface area contributed by atoms with Crippen LogP contribution in [0.4, 0.5) is 10.1 Å². The van der Waals surface area contributed by atoms with Gasteiger partial charge in [0.15, 0.2) is 0 Å². The quantitative estimate of drug-likeness (QED) is 0.761. The molecule has 0 amide bonds. The standard InChI is InChI=1S/C19H19FN2O/c1-13-11-18(17-8-7-16(23-2)12-19(17)22-13)21-10-9-14-3-5-15(20)6-4-14/h3-8,11-12H,9-10H2,1-2H3,(H,21,22). The number of pyridine rings is 1. The summed E-state index contributed by atoms with van der Waals surface area (Å²) in [5.74, 6) is 0.597. The zero-order valence-corrected chi connectivity index (χ0v) is 13.3. The van der Waals surface area contributed by atoms with E-state index in [1.807, 2.05) is 43.3 Å². The van der Waals surface area contributed by atoms with Gasteiger partial charge in [-0.1, -0.05) is 12.1 Å². The third kappa shape index (κ3) is 3.59. The first-order chi connectivity index (χ1) is 11.2. The topological polar surface area (TPSA) is 34.1 Å². The second kappa shape index (κ2) is 6.65. The van der Waals surface area contributed by atoms with E-state index in [-0.39, 0.29) is 5.82 Å². The first kappa shape index (κ1) is 15.3. The minimum Gasteiger partial charge on any atom is -0.497 e. The van der Waals surface area contributed by atoms with Crippen molar-refractivity contribution in [3.05, 3.63) is 65.6 Å². The second-order valence-corrected chi connectivity index (χ2v) is 5.50. The number of aromatic nitrogens is 1. The van der Waals surface area contributed by atoms with Gasteiger partial charge < -0.3 is 10.1 Å².